The molecule has 0 bridgehead atoms. The van der Waals surface area contributed by atoms with Crippen molar-refractivity contribution >= 4 is 28.5 Å². The minimum Gasteiger partial charge on any atom is -0.268 e. The molecule has 5 rings (SSSR count). The van der Waals surface area contributed by atoms with Crippen molar-refractivity contribution in [2.24, 2.45) is 7.05 Å². The van der Waals surface area contributed by atoms with Gasteiger partial charge in [0, 0.05) is 31.2 Å². The number of halogens is 1. The van der Waals surface area contributed by atoms with Crippen molar-refractivity contribution in [3.63, 3.8) is 0 Å². The summed E-state index contributed by atoms with van der Waals surface area (Å²) < 4.78 is 16.1. The third-order valence-corrected chi connectivity index (χ3v) is 4.98. The highest BCUT2D eigenvalue weighted by atomic mass is 19.1. The largest absolute Gasteiger partial charge is 0.268 e. The van der Waals surface area contributed by atoms with Crippen LogP contribution >= 0.6 is 0 Å². The molecule has 0 saturated carbocycles. The Kier molecular flexibility index (Phi) is 3.57. The quantitative estimate of drug-likeness (QED) is 0.493. The van der Waals surface area contributed by atoms with E-state index in [0.29, 0.717) is 27.9 Å². The third kappa shape index (κ3) is 2.39. The summed E-state index contributed by atoms with van der Waals surface area (Å²) in [5.74, 6) is -1.84. The number of benzene rings is 1. The third-order valence-electron chi connectivity index (χ3n) is 4.98. The summed E-state index contributed by atoms with van der Waals surface area (Å²) in [6, 6.07) is 7.95. The number of rotatable bonds is 2. The first-order chi connectivity index (χ1) is 14.0. The van der Waals surface area contributed by atoms with E-state index >= 15 is 0 Å². The normalized spacial score (nSPS) is 13.4. The van der Waals surface area contributed by atoms with Crippen molar-refractivity contribution in [1.29, 1.82) is 0 Å². The second kappa shape index (κ2) is 6.03. The van der Waals surface area contributed by atoms with Crippen LogP contribution in [0.4, 0.5) is 10.1 Å². The fourth-order valence-corrected chi connectivity index (χ4v) is 3.64. The molecule has 1 aliphatic rings. The average Bonchev–Trinajstić information content (AvgIpc) is 3.18. The van der Waals surface area contributed by atoms with Crippen LogP contribution in [0.15, 0.2) is 48.9 Å². The molecule has 142 valence electrons. The molecule has 1 aliphatic heterocycles. The van der Waals surface area contributed by atoms with E-state index in [-0.39, 0.29) is 16.8 Å². The van der Waals surface area contributed by atoms with Gasteiger partial charge in [-0.1, -0.05) is 6.07 Å². The maximum absolute atomic E-state index is 14.5. The van der Waals surface area contributed by atoms with Gasteiger partial charge >= 0.3 is 0 Å². The number of aromatic nitrogens is 4. The van der Waals surface area contributed by atoms with Gasteiger partial charge in [0.15, 0.2) is 5.65 Å². The highest BCUT2D eigenvalue weighted by Crippen LogP contribution is 2.37. The van der Waals surface area contributed by atoms with Gasteiger partial charge in [0.2, 0.25) is 0 Å². The first-order valence-electron chi connectivity index (χ1n) is 8.88. The molecule has 29 heavy (non-hydrogen) atoms. The van der Waals surface area contributed by atoms with Crippen molar-refractivity contribution < 1.29 is 14.0 Å². The van der Waals surface area contributed by atoms with Gasteiger partial charge in [-0.15, -0.1) is 0 Å². The number of hydrogen-bond donors (Lipinski definition) is 0. The van der Waals surface area contributed by atoms with Crippen molar-refractivity contribution in [1.82, 2.24) is 19.7 Å². The number of carbonyl (C=O) groups excluding carboxylic acids is 2. The molecular weight excluding hydrogens is 373 g/mol. The van der Waals surface area contributed by atoms with Gasteiger partial charge in [0.1, 0.15) is 11.5 Å². The molecule has 0 saturated heterocycles. The zero-order valence-electron chi connectivity index (χ0n) is 15.5. The van der Waals surface area contributed by atoms with Gasteiger partial charge < -0.3 is 0 Å². The van der Waals surface area contributed by atoms with Gasteiger partial charge in [-0.25, -0.2) is 19.0 Å². The Labute approximate surface area is 164 Å². The molecule has 4 heterocycles. The molecule has 1 aromatic carbocycles. The summed E-state index contributed by atoms with van der Waals surface area (Å²) in [6.45, 7) is 1.73. The summed E-state index contributed by atoms with van der Waals surface area (Å²) in [4.78, 5) is 35.6. The monoisotopic (exact) mass is 387 g/mol. The number of pyridine rings is 2. The van der Waals surface area contributed by atoms with Crippen LogP contribution in [0.5, 0.6) is 0 Å². The number of fused-ring (bicyclic) bond motifs is 3. The summed E-state index contributed by atoms with van der Waals surface area (Å²) in [6.07, 6.45) is 4.60. The minimum atomic E-state index is -0.637. The van der Waals surface area contributed by atoms with Crippen LogP contribution in [0.25, 0.3) is 22.3 Å². The zero-order valence-corrected chi connectivity index (χ0v) is 15.5. The van der Waals surface area contributed by atoms with Crippen LogP contribution < -0.4 is 4.90 Å². The lowest BCUT2D eigenvalue weighted by Crippen LogP contribution is -2.30. The molecule has 0 aliphatic carbocycles. The van der Waals surface area contributed by atoms with Crippen molar-refractivity contribution in [3.05, 3.63) is 71.4 Å². The molecule has 2 amide bonds. The fraction of sp³-hybridized carbons (Fsp3) is 0.0952. The fourth-order valence-electron chi connectivity index (χ4n) is 3.64. The molecular formula is C21H14FN5O2. The molecule has 0 atom stereocenters. The van der Waals surface area contributed by atoms with Gasteiger partial charge in [-0.05, 0) is 36.8 Å². The molecule has 8 heteroatoms. The number of amides is 2. The van der Waals surface area contributed by atoms with Crippen LogP contribution in [0.2, 0.25) is 0 Å². The Bertz CT molecular complexity index is 1330. The molecule has 0 fully saturated rings. The second-order valence-electron chi connectivity index (χ2n) is 6.86. The highest BCUT2D eigenvalue weighted by Gasteiger charge is 2.41. The van der Waals surface area contributed by atoms with E-state index in [1.165, 1.54) is 18.3 Å². The van der Waals surface area contributed by atoms with Crippen molar-refractivity contribution in [2.75, 3.05) is 4.90 Å². The number of anilines is 1. The average molecular weight is 387 g/mol. The summed E-state index contributed by atoms with van der Waals surface area (Å²) in [5.41, 5.74) is 2.54. The highest BCUT2D eigenvalue weighted by molar-refractivity contribution is 6.38. The number of aryl methyl sites for hydroxylation is 2. The van der Waals surface area contributed by atoms with Crippen molar-refractivity contribution in [3.8, 4) is 11.3 Å². The molecule has 0 radical (unpaired) electrons. The Morgan fingerprint density at radius 3 is 2.62 bits per heavy atom. The summed E-state index contributed by atoms with van der Waals surface area (Å²) in [5, 5.41) is 4.93. The maximum atomic E-state index is 14.5. The first-order valence-corrected chi connectivity index (χ1v) is 8.88. The Morgan fingerprint density at radius 1 is 1.07 bits per heavy atom. The number of hydrogen-bond acceptors (Lipinski definition) is 5. The SMILES string of the molecule is Cc1ccc(N2C(=O)c3cnc4c(c(-c5cccnc5)nn4C)c3C2=O)c(F)c1. The molecule has 4 aromatic rings. The Morgan fingerprint density at radius 2 is 1.90 bits per heavy atom. The van der Waals surface area contributed by atoms with E-state index in [2.05, 4.69) is 15.1 Å². The lowest BCUT2D eigenvalue weighted by atomic mass is 10.0. The predicted molar refractivity (Wildman–Crippen MR) is 104 cm³/mol. The maximum Gasteiger partial charge on any atom is 0.267 e. The van der Waals surface area contributed by atoms with Crippen LogP contribution in [-0.2, 0) is 7.05 Å². The molecule has 0 spiro atoms. The van der Waals surface area contributed by atoms with Gasteiger partial charge in [0.05, 0.1) is 22.2 Å². The van der Waals surface area contributed by atoms with E-state index in [4.69, 9.17) is 0 Å². The summed E-state index contributed by atoms with van der Waals surface area (Å²) in [7, 11) is 1.71. The molecule has 7 nitrogen and oxygen atoms in total. The first kappa shape index (κ1) is 17.2. The van der Waals surface area contributed by atoms with E-state index < -0.39 is 17.6 Å². The molecule has 0 unspecified atom stereocenters. The lowest BCUT2D eigenvalue weighted by Gasteiger charge is -2.15. The van der Waals surface area contributed by atoms with E-state index in [1.54, 1.807) is 43.2 Å². The lowest BCUT2D eigenvalue weighted by molar-refractivity contribution is 0.0925. The van der Waals surface area contributed by atoms with Crippen LogP contribution in [0, 0.1) is 12.7 Å². The van der Waals surface area contributed by atoms with Gasteiger partial charge in [-0.2, -0.15) is 5.10 Å². The minimum absolute atomic E-state index is 0.0817. The van der Waals surface area contributed by atoms with Crippen LogP contribution in [0.1, 0.15) is 26.3 Å². The molecule has 3 aromatic heterocycles. The van der Waals surface area contributed by atoms with Crippen molar-refractivity contribution in [2.45, 2.75) is 6.92 Å². The van der Waals surface area contributed by atoms with E-state index in [1.807, 2.05) is 6.07 Å². The summed E-state index contributed by atoms with van der Waals surface area (Å²) >= 11 is 0. The predicted octanol–water partition coefficient (Wildman–Crippen LogP) is 3.28. The number of nitrogens with zero attached hydrogens (tertiary/aromatic N) is 5. The Balaban J connectivity index is 1.77. The van der Waals surface area contributed by atoms with Crippen LogP contribution in [0.3, 0.4) is 0 Å². The smallest absolute Gasteiger partial charge is 0.267 e. The van der Waals surface area contributed by atoms with E-state index in [0.717, 1.165) is 4.90 Å². The standard InChI is InChI=1S/C21H14FN5O2/c1-11-5-6-15(14(22)8-11)27-20(28)13-10-24-19-17(16(13)21(27)29)18(25-26(19)2)12-4-3-7-23-9-12/h3-10H,1-2H3. The number of imide groups is 1. The van der Waals surface area contributed by atoms with Crippen LogP contribution in [-0.4, -0.2) is 31.6 Å². The number of carbonyl (C=O) groups is 2. The van der Waals surface area contributed by atoms with Gasteiger partial charge in [-0.3, -0.25) is 14.6 Å². The van der Waals surface area contributed by atoms with E-state index in [9.17, 15) is 14.0 Å². The zero-order chi connectivity index (χ0) is 20.3. The Hall–Kier alpha value is -3.94. The molecule has 0 N–H and O–H groups in total. The van der Waals surface area contributed by atoms with Gasteiger partial charge in [0.25, 0.3) is 11.8 Å². The topological polar surface area (TPSA) is 81.0 Å². The second-order valence-corrected chi connectivity index (χ2v) is 6.86.